The van der Waals surface area contributed by atoms with Crippen LogP contribution in [0.4, 0.5) is 5.69 Å². The monoisotopic (exact) mass is 507 g/mol. The summed E-state index contributed by atoms with van der Waals surface area (Å²) in [5, 5.41) is 12.2. The molecule has 5 unspecified atom stereocenters. The molecule has 2 aromatic carbocycles. The number of aliphatic hydroxyl groups is 1. The molecule has 0 bridgehead atoms. The van der Waals surface area contributed by atoms with Gasteiger partial charge in [-0.2, -0.15) is 0 Å². The lowest BCUT2D eigenvalue weighted by atomic mass is 9.55. The molecule has 1 heterocycles. The van der Waals surface area contributed by atoms with Crippen LogP contribution in [0.1, 0.15) is 61.6 Å². The molecular formula is C34H37NO3. The lowest BCUT2D eigenvalue weighted by molar-refractivity contribution is -0.115. The first kappa shape index (κ1) is 25.2. The first-order valence-corrected chi connectivity index (χ1v) is 13.9. The number of nitrogens with zero attached hydrogens (tertiary/aromatic N) is 1. The van der Waals surface area contributed by atoms with Gasteiger partial charge in [-0.25, -0.2) is 0 Å². The molecule has 1 aliphatic heterocycles. The molecule has 4 nitrogen and oxygen atoms in total. The van der Waals surface area contributed by atoms with Gasteiger partial charge < -0.3 is 14.7 Å². The second kappa shape index (κ2) is 9.26. The molecule has 38 heavy (non-hydrogen) atoms. The highest BCUT2D eigenvalue weighted by Gasteiger charge is 2.63. The second-order valence-corrected chi connectivity index (χ2v) is 12.0. The van der Waals surface area contributed by atoms with Gasteiger partial charge in [0.25, 0.3) is 0 Å². The number of fused-ring (bicyclic) bond motifs is 4. The summed E-state index contributed by atoms with van der Waals surface area (Å²) in [7, 11) is 4.11. The van der Waals surface area contributed by atoms with Gasteiger partial charge in [-0.15, -0.1) is 0 Å². The standard InChI is InChI=1S/C34H37NO3/c1-22-7-5-6-8-23(22)15-17-34(37)18-16-30-32-31(28-14-13-27(36)19-25(28)21-38-32)29(20-33(30,34)2)24-9-11-26(12-10-24)35(3)4/h5-12,19,29-30,32,37H,13-14,16,18,20-21H2,1-4H3. The Bertz CT molecular complexity index is 1410. The van der Waals surface area contributed by atoms with Gasteiger partial charge in [-0.3, -0.25) is 4.79 Å². The Morgan fingerprint density at radius 2 is 1.84 bits per heavy atom. The maximum Gasteiger partial charge on any atom is 0.156 e. The van der Waals surface area contributed by atoms with E-state index in [-0.39, 0.29) is 23.7 Å². The summed E-state index contributed by atoms with van der Waals surface area (Å²) < 4.78 is 6.62. The summed E-state index contributed by atoms with van der Waals surface area (Å²) in [5.41, 5.74) is 6.70. The molecule has 5 atom stereocenters. The van der Waals surface area contributed by atoms with Crippen LogP contribution in [-0.2, 0) is 9.53 Å². The first-order valence-electron chi connectivity index (χ1n) is 13.9. The van der Waals surface area contributed by atoms with E-state index in [1.807, 2.05) is 18.2 Å². The van der Waals surface area contributed by atoms with Crippen LogP contribution in [0, 0.1) is 30.1 Å². The van der Waals surface area contributed by atoms with E-state index >= 15 is 0 Å². The SMILES string of the molecule is Cc1ccccc1C#CC1(O)CCC2C3OCC4=CC(=O)CCC4=C3C(c3ccc(N(C)C)cc3)CC21C. The molecule has 0 aromatic heterocycles. The average molecular weight is 508 g/mol. The Morgan fingerprint density at radius 1 is 1.08 bits per heavy atom. The molecule has 6 rings (SSSR count). The van der Waals surface area contributed by atoms with Gasteiger partial charge in [-0.1, -0.05) is 49.1 Å². The minimum absolute atomic E-state index is 0.0677. The Hall–Kier alpha value is -3.13. The Balaban J connectivity index is 1.47. The molecule has 2 saturated carbocycles. The predicted octanol–water partition coefficient (Wildman–Crippen LogP) is 5.73. The average Bonchev–Trinajstić information content (AvgIpc) is 3.17. The number of carbonyl (C=O) groups excluding carboxylic acids is 1. The van der Waals surface area contributed by atoms with Gasteiger partial charge >= 0.3 is 0 Å². The van der Waals surface area contributed by atoms with E-state index < -0.39 is 11.0 Å². The summed E-state index contributed by atoms with van der Waals surface area (Å²) in [4.78, 5) is 14.4. The number of allylic oxidation sites excluding steroid dienone is 1. The van der Waals surface area contributed by atoms with Crippen molar-refractivity contribution in [2.75, 3.05) is 25.6 Å². The maximum absolute atomic E-state index is 12.3. The molecule has 0 spiro atoms. The van der Waals surface area contributed by atoms with Crippen LogP contribution < -0.4 is 4.90 Å². The number of benzene rings is 2. The number of hydrogen-bond donors (Lipinski definition) is 1. The Kier molecular flexibility index (Phi) is 6.13. The number of anilines is 1. The van der Waals surface area contributed by atoms with Crippen molar-refractivity contribution in [1.29, 1.82) is 0 Å². The zero-order chi connectivity index (χ0) is 26.7. The molecule has 2 aromatic rings. The van der Waals surface area contributed by atoms with Crippen molar-refractivity contribution in [1.82, 2.24) is 0 Å². The quantitative estimate of drug-likeness (QED) is 0.528. The molecule has 4 heteroatoms. The minimum Gasteiger partial charge on any atom is -0.378 e. The van der Waals surface area contributed by atoms with Gasteiger partial charge in [0.15, 0.2) is 5.78 Å². The van der Waals surface area contributed by atoms with Crippen LogP contribution in [0.5, 0.6) is 0 Å². The van der Waals surface area contributed by atoms with E-state index in [1.54, 1.807) is 6.08 Å². The molecule has 2 fully saturated rings. The van der Waals surface area contributed by atoms with E-state index in [0.717, 1.165) is 41.6 Å². The molecule has 0 amide bonds. The van der Waals surface area contributed by atoms with Crippen molar-refractivity contribution < 1.29 is 14.6 Å². The third-order valence-corrected chi connectivity index (χ3v) is 9.73. The highest BCUT2D eigenvalue weighted by Crippen LogP contribution is 2.64. The number of hydrogen-bond acceptors (Lipinski definition) is 4. The van der Waals surface area contributed by atoms with Gasteiger partial charge in [-0.05, 0) is 90.6 Å². The summed E-state index contributed by atoms with van der Waals surface area (Å²) >= 11 is 0. The fourth-order valence-corrected chi connectivity index (χ4v) is 7.41. The van der Waals surface area contributed by atoms with Gasteiger partial charge in [0.05, 0.1) is 12.7 Å². The summed E-state index contributed by atoms with van der Waals surface area (Å²) in [5.74, 6) is 7.20. The molecule has 1 N–H and O–H groups in total. The van der Waals surface area contributed by atoms with Crippen molar-refractivity contribution in [2.24, 2.45) is 11.3 Å². The summed E-state index contributed by atoms with van der Waals surface area (Å²) in [6, 6.07) is 16.9. The van der Waals surface area contributed by atoms with Crippen LogP contribution in [0.2, 0.25) is 0 Å². The zero-order valence-electron chi connectivity index (χ0n) is 22.9. The lowest BCUT2D eigenvalue weighted by Crippen LogP contribution is -2.53. The van der Waals surface area contributed by atoms with E-state index in [2.05, 4.69) is 75.0 Å². The minimum atomic E-state index is -1.10. The third-order valence-electron chi connectivity index (χ3n) is 9.73. The van der Waals surface area contributed by atoms with Crippen LogP contribution >= 0.6 is 0 Å². The molecule has 0 radical (unpaired) electrons. The number of rotatable bonds is 2. The smallest absolute Gasteiger partial charge is 0.156 e. The number of ether oxygens (including phenoxy) is 1. The van der Waals surface area contributed by atoms with Gasteiger partial charge in [0.2, 0.25) is 0 Å². The highest BCUT2D eigenvalue weighted by molar-refractivity contribution is 5.93. The van der Waals surface area contributed by atoms with Crippen molar-refractivity contribution in [3.8, 4) is 11.8 Å². The van der Waals surface area contributed by atoms with Crippen LogP contribution in [0.25, 0.3) is 0 Å². The molecule has 0 saturated heterocycles. The molecule has 196 valence electrons. The predicted molar refractivity (Wildman–Crippen MR) is 151 cm³/mol. The molecule has 4 aliphatic rings. The molecule has 3 aliphatic carbocycles. The van der Waals surface area contributed by atoms with Crippen LogP contribution in [0.15, 0.2) is 71.3 Å². The van der Waals surface area contributed by atoms with E-state index in [9.17, 15) is 9.90 Å². The Labute approximate surface area is 226 Å². The second-order valence-electron chi connectivity index (χ2n) is 12.0. The van der Waals surface area contributed by atoms with Crippen molar-refractivity contribution >= 4 is 11.5 Å². The maximum atomic E-state index is 12.3. The van der Waals surface area contributed by atoms with Crippen LogP contribution in [0.3, 0.4) is 0 Å². The normalized spacial score (nSPS) is 32.0. The third kappa shape index (κ3) is 3.96. The highest BCUT2D eigenvalue weighted by atomic mass is 16.5. The van der Waals surface area contributed by atoms with Gasteiger partial charge in [0, 0.05) is 43.1 Å². The van der Waals surface area contributed by atoms with Crippen LogP contribution in [-0.4, -0.2) is 43.3 Å². The molecular weight excluding hydrogens is 470 g/mol. The summed E-state index contributed by atoms with van der Waals surface area (Å²) in [6.45, 7) is 4.77. The Morgan fingerprint density at radius 3 is 2.58 bits per heavy atom. The van der Waals surface area contributed by atoms with Crippen molar-refractivity contribution in [2.45, 2.75) is 63.6 Å². The number of carbonyl (C=O) groups is 1. The zero-order valence-corrected chi connectivity index (χ0v) is 22.9. The van der Waals surface area contributed by atoms with E-state index in [1.165, 1.54) is 16.7 Å². The van der Waals surface area contributed by atoms with Crippen molar-refractivity contribution in [3.05, 3.63) is 88.0 Å². The topological polar surface area (TPSA) is 49.8 Å². The fraction of sp³-hybridized carbons (Fsp3) is 0.441. The number of aryl methyl sites for hydroxylation is 1. The van der Waals surface area contributed by atoms with Gasteiger partial charge in [0.1, 0.15) is 5.60 Å². The summed E-state index contributed by atoms with van der Waals surface area (Å²) in [6.07, 6.45) is 5.41. The van der Waals surface area contributed by atoms with E-state index in [4.69, 9.17) is 4.74 Å². The first-order chi connectivity index (χ1) is 18.2. The van der Waals surface area contributed by atoms with E-state index in [0.29, 0.717) is 19.4 Å². The number of ketones is 1. The lowest BCUT2D eigenvalue weighted by Gasteiger charge is -2.53. The largest absolute Gasteiger partial charge is 0.378 e. The fourth-order valence-electron chi connectivity index (χ4n) is 7.41. The van der Waals surface area contributed by atoms with Crippen molar-refractivity contribution in [3.63, 3.8) is 0 Å².